The summed E-state index contributed by atoms with van der Waals surface area (Å²) in [6.45, 7) is 3.03. The van der Waals surface area contributed by atoms with Gasteiger partial charge in [0.15, 0.2) is 17.7 Å². The van der Waals surface area contributed by atoms with Crippen molar-refractivity contribution in [1.82, 2.24) is 4.90 Å². The van der Waals surface area contributed by atoms with Crippen LogP contribution in [0.5, 0.6) is 11.5 Å². The van der Waals surface area contributed by atoms with E-state index in [2.05, 4.69) is 0 Å². The van der Waals surface area contributed by atoms with E-state index in [1.54, 1.807) is 43.3 Å². The van der Waals surface area contributed by atoms with Gasteiger partial charge in [-0.15, -0.1) is 0 Å². The number of carbonyl (C=O) groups excluding carboxylic acids is 1. The molecular weight excluding hydrogens is 543 g/mol. The van der Waals surface area contributed by atoms with E-state index in [-0.39, 0.29) is 50.9 Å². The van der Waals surface area contributed by atoms with Crippen LogP contribution in [-0.2, 0) is 27.3 Å². The number of benzene rings is 3. The zero-order valence-electron chi connectivity index (χ0n) is 22.6. The van der Waals surface area contributed by atoms with E-state index in [0.29, 0.717) is 18.8 Å². The van der Waals surface area contributed by atoms with Crippen LogP contribution >= 0.6 is 0 Å². The number of ether oxygens (including phenoxy) is 4. The topological polar surface area (TPSA) is 94.5 Å². The van der Waals surface area contributed by atoms with Gasteiger partial charge in [-0.2, -0.15) is 0 Å². The predicted molar refractivity (Wildman–Crippen MR) is 143 cm³/mol. The highest BCUT2D eigenvalue weighted by atomic mass is 19.2. The Morgan fingerprint density at radius 1 is 0.854 bits per heavy atom. The van der Waals surface area contributed by atoms with Crippen molar-refractivity contribution < 1.29 is 46.8 Å². The Balaban J connectivity index is 1.53. The van der Waals surface area contributed by atoms with E-state index >= 15 is 0 Å². The first-order valence-electron chi connectivity index (χ1n) is 13.0. The molecule has 0 saturated heterocycles. The minimum Gasteiger partial charge on any atom is -0.492 e. The molecule has 1 N–H and O–H groups in total. The Kier molecular flexibility index (Phi) is 12.5. The third kappa shape index (κ3) is 10.8. The van der Waals surface area contributed by atoms with Crippen LogP contribution in [0.15, 0.2) is 66.7 Å². The summed E-state index contributed by atoms with van der Waals surface area (Å²) < 4.78 is 61.7. The average Bonchev–Trinajstić information content (AvgIpc) is 2.95. The molecule has 0 aliphatic rings. The normalized spacial score (nSPS) is 11.6. The minimum atomic E-state index is -1.14. The Morgan fingerprint density at radius 3 is 2.20 bits per heavy atom. The lowest BCUT2D eigenvalue weighted by molar-refractivity contribution is -0.149. The van der Waals surface area contributed by atoms with Gasteiger partial charge in [0, 0.05) is 32.2 Å². The van der Waals surface area contributed by atoms with Crippen LogP contribution in [0.2, 0.25) is 0 Å². The number of rotatable bonds is 16. The molecule has 3 rings (SSSR count). The molecule has 0 aromatic heterocycles. The predicted octanol–water partition coefficient (Wildman–Crippen LogP) is 5.62. The van der Waals surface area contributed by atoms with Crippen molar-refractivity contribution in [1.29, 1.82) is 0 Å². The highest BCUT2D eigenvalue weighted by molar-refractivity contribution is 5.72. The molecule has 11 heteroatoms. The largest absolute Gasteiger partial charge is 0.492 e. The van der Waals surface area contributed by atoms with E-state index in [9.17, 15) is 27.9 Å². The van der Waals surface area contributed by atoms with Crippen molar-refractivity contribution in [2.45, 2.75) is 32.5 Å². The average molecular weight is 576 g/mol. The molecular formula is C30H32F3NO7. The monoisotopic (exact) mass is 575 g/mol. The fourth-order valence-corrected chi connectivity index (χ4v) is 3.76. The van der Waals surface area contributed by atoms with Crippen molar-refractivity contribution in [3.63, 3.8) is 0 Å². The Morgan fingerprint density at radius 2 is 1.54 bits per heavy atom. The van der Waals surface area contributed by atoms with E-state index in [4.69, 9.17) is 18.9 Å². The number of nitrogens with zero attached hydrogens (tertiary/aromatic N) is 1. The van der Waals surface area contributed by atoms with Gasteiger partial charge in [-0.05, 0) is 60.9 Å². The summed E-state index contributed by atoms with van der Waals surface area (Å²) in [5.41, 5.74) is 1.56. The molecule has 1 unspecified atom stereocenters. The SMILES string of the molecule is CCOC(Cc1ccc(OCCN(CCCOCc2ccc(F)cc2)C(=O)Oc2ccc(F)c(F)c2)cc1)C(=O)O. The Bertz CT molecular complexity index is 1260. The van der Waals surface area contributed by atoms with Gasteiger partial charge in [-0.1, -0.05) is 24.3 Å². The van der Waals surface area contributed by atoms with Crippen molar-refractivity contribution >= 4 is 12.1 Å². The number of halogens is 3. The van der Waals surface area contributed by atoms with Gasteiger partial charge < -0.3 is 29.0 Å². The number of hydrogen-bond donors (Lipinski definition) is 1. The molecule has 41 heavy (non-hydrogen) atoms. The molecule has 0 spiro atoms. The first-order valence-corrected chi connectivity index (χ1v) is 13.0. The quantitative estimate of drug-likeness (QED) is 0.222. The summed E-state index contributed by atoms with van der Waals surface area (Å²) in [6, 6.07) is 15.6. The Hall–Kier alpha value is -4.09. The fourth-order valence-electron chi connectivity index (χ4n) is 3.76. The number of carboxylic acids is 1. The minimum absolute atomic E-state index is 0.0966. The second-order valence-electron chi connectivity index (χ2n) is 8.94. The van der Waals surface area contributed by atoms with Crippen LogP contribution in [0.3, 0.4) is 0 Å². The lowest BCUT2D eigenvalue weighted by Gasteiger charge is -2.22. The van der Waals surface area contributed by atoms with Crippen molar-refractivity contribution in [3.05, 3.63) is 95.3 Å². The van der Waals surface area contributed by atoms with Gasteiger partial charge in [-0.25, -0.2) is 22.8 Å². The highest BCUT2D eigenvalue weighted by Gasteiger charge is 2.19. The standard InChI is InChI=1S/C30H32F3NO7/c1-2-39-28(29(35)36)18-21-6-10-24(11-7-21)40-17-15-34(30(37)41-25-12-13-26(32)27(33)19-25)14-3-16-38-20-22-4-8-23(31)9-5-22/h4-13,19,28H,2-3,14-18,20H2,1H3,(H,35,36). The molecule has 3 aromatic rings. The summed E-state index contributed by atoms with van der Waals surface area (Å²) in [7, 11) is 0. The van der Waals surface area contributed by atoms with Crippen LogP contribution in [-0.4, -0.2) is 61.1 Å². The summed E-state index contributed by atoms with van der Waals surface area (Å²) in [5.74, 6) is -3.21. The smallest absolute Gasteiger partial charge is 0.415 e. The number of carboxylic acid groups (broad SMARTS) is 1. The molecule has 1 amide bonds. The zero-order chi connectivity index (χ0) is 29.6. The van der Waals surface area contributed by atoms with Crippen LogP contribution in [0, 0.1) is 17.5 Å². The number of carbonyl (C=O) groups is 2. The Labute approximate surface area is 236 Å². The fraction of sp³-hybridized carbons (Fsp3) is 0.333. The van der Waals surface area contributed by atoms with Crippen LogP contribution < -0.4 is 9.47 Å². The van der Waals surface area contributed by atoms with Gasteiger partial charge in [0.2, 0.25) is 0 Å². The molecule has 220 valence electrons. The van der Waals surface area contributed by atoms with Crippen molar-refractivity contribution in [3.8, 4) is 11.5 Å². The van der Waals surface area contributed by atoms with Crippen LogP contribution in [0.25, 0.3) is 0 Å². The van der Waals surface area contributed by atoms with Gasteiger partial charge in [0.1, 0.15) is 23.9 Å². The van der Waals surface area contributed by atoms with Crippen molar-refractivity contribution in [2.24, 2.45) is 0 Å². The van der Waals surface area contributed by atoms with E-state index in [1.165, 1.54) is 17.0 Å². The van der Waals surface area contributed by atoms with Crippen molar-refractivity contribution in [2.75, 3.05) is 32.9 Å². The van der Waals surface area contributed by atoms with Gasteiger partial charge in [0.05, 0.1) is 13.2 Å². The molecule has 0 radical (unpaired) electrons. The summed E-state index contributed by atoms with van der Waals surface area (Å²) in [6.07, 6.45) is -1.08. The summed E-state index contributed by atoms with van der Waals surface area (Å²) in [4.78, 5) is 25.5. The first kappa shape index (κ1) is 31.4. The maximum Gasteiger partial charge on any atom is 0.415 e. The summed E-state index contributed by atoms with van der Waals surface area (Å²) >= 11 is 0. The lowest BCUT2D eigenvalue weighted by Crippen LogP contribution is -2.38. The molecule has 3 aromatic carbocycles. The molecule has 8 nitrogen and oxygen atoms in total. The zero-order valence-corrected chi connectivity index (χ0v) is 22.6. The van der Waals surface area contributed by atoms with Gasteiger partial charge >= 0.3 is 12.1 Å². The molecule has 0 aliphatic carbocycles. The number of aliphatic carboxylic acids is 1. The highest BCUT2D eigenvalue weighted by Crippen LogP contribution is 2.18. The third-order valence-electron chi connectivity index (χ3n) is 5.87. The molecule has 0 fully saturated rings. The van der Waals surface area contributed by atoms with Crippen LogP contribution in [0.1, 0.15) is 24.5 Å². The molecule has 0 bridgehead atoms. The molecule has 1 atom stereocenters. The lowest BCUT2D eigenvalue weighted by atomic mass is 10.1. The van der Waals surface area contributed by atoms with E-state index in [1.807, 2.05) is 0 Å². The second-order valence-corrected chi connectivity index (χ2v) is 8.94. The van der Waals surface area contributed by atoms with E-state index < -0.39 is 29.8 Å². The first-order chi connectivity index (χ1) is 19.7. The van der Waals surface area contributed by atoms with Gasteiger partial charge in [-0.3, -0.25) is 0 Å². The number of hydrogen-bond acceptors (Lipinski definition) is 6. The van der Waals surface area contributed by atoms with Crippen LogP contribution in [0.4, 0.5) is 18.0 Å². The molecule has 0 saturated carbocycles. The van der Waals surface area contributed by atoms with E-state index in [0.717, 1.165) is 29.3 Å². The molecule has 0 aliphatic heterocycles. The second kappa shape index (κ2) is 16.2. The summed E-state index contributed by atoms with van der Waals surface area (Å²) in [5, 5.41) is 9.26. The maximum atomic E-state index is 13.6. The molecule has 0 heterocycles. The van der Waals surface area contributed by atoms with Gasteiger partial charge in [0.25, 0.3) is 0 Å². The maximum absolute atomic E-state index is 13.6. The number of amides is 1. The third-order valence-corrected chi connectivity index (χ3v) is 5.87.